The third-order valence-electron chi connectivity index (χ3n) is 3.22. The molecule has 1 aromatic rings. The molecule has 0 aliphatic carbocycles. The topological polar surface area (TPSA) is 46.3 Å². The summed E-state index contributed by atoms with van der Waals surface area (Å²) in [5.41, 5.74) is 7.47. The lowest BCUT2D eigenvalue weighted by atomic mass is 10.1. The van der Waals surface area contributed by atoms with E-state index in [1.54, 1.807) is 0 Å². The minimum atomic E-state index is 0.215. The highest BCUT2D eigenvalue weighted by atomic mass is 16.2. The van der Waals surface area contributed by atoms with Crippen LogP contribution in [0.1, 0.15) is 45.1 Å². The van der Waals surface area contributed by atoms with Gasteiger partial charge in [-0.3, -0.25) is 4.79 Å². The van der Waals surface area contributed by atoms with E-state index < -0.39 is 0 Å². The summed E-state index contributed by atoms with van der Waals surface area (Å²) < 4.78 is 0. The zero-order valence-corrected chi connectivity index (χ0v) is 12.2. The SMILES string of the molecule is CCCCN(CCCC)C(=O)Cc1cccc(N)c1. The van der Waals surface area contributed by atoms with Gasteiger partial charge < -0.3 is 10.6 Å². The second-order valence-electron chi connectivity index (χ2n) is 5.01. The highest BCUT2D eigenvalue weighted by molar-refractivity contribution is 5.79. The van der Waals surface area contributed by atoms with E-state index in [4.69, 9.17) is 5.73 Å². The molecule has 0 aliphatic rings. The molecule has 0 radical (unpaired) electrons. The van der Waals surface area contributed by atoms with Gasteiger partial charge in [-0.25, -0.2) is 0 Å². The lowest BCUT2D eigenvalue weighted by Gasteiger charge is -2.22. The number of benzene rings is 1. The van der Waals surface area contributed by atoms with Gasteiger partial charge in [-0.1, -0.05) is 38.8 Å². The minimum absolute atomic E-state index is 0.215. The highest BCUT2D eigenvalue weighted by Gasteiger charge is 2.13. The number of carbonyl (C=O) groups excluding carboxylic acids is 1. The average molecular weight is 262 g/mol. The predicted molar refractivity (Wildman–Crippen MR) is 81.0 cm³/mol. The Labute approximate surface area is 116 Å². The van der Waals surface area contributed by atoms with Crippen molar-refractivity contribution in [3.8, 4) is 0 Å². The van der Waals surface area contributed by atoms with Crippen molar-refractivity contribution >= 4 is 11.6 Å². The summed E-state index contributed by atoms with van der Waals surface area (Å²) >= 11 is 0. The van der Waals surface area contributed by atoms with E-state index in [2.05, 4.69) is 13.8 Å². The molecule has 0 spiro atoms. The van der Waals surface area contributed by atoms with Gasteiger partial charge in [-0.2, -0.15) is 0 Å². The minimum Gasteiger partial charge on any atom is -0.399 e. The van der Waals surface area contributed by atoms with Crippen LogP contribution in [0.4, 0.5) is 5.69 Å². The lowest BCUT2D eigenvalue weighted by molar-refractivity contribution is -0.130. The van der Waals surface area contributed by atoms with Gasteiger partial charge in [0, 0.05) is 18.8 Å². The Morgan fingerprint density at radius 1 is 1.16 bits per heavy atom. The Bertz CT molecular complexity index is 382. The second kappa shape index (κ2) is 8.57. The largest absolute Gasteiger partial charge is 0.399 e. The summed E-state index contributed by atoms with van der Waals surface area (Å²) in [5, 5.41) is 0. The molecule has 0 aliphatic heterocycles. The van der Waals surface area contributed by atoms with Gasteiger partial charge >= 0.3 is 0 Å². The number of hydrogen-bond acceptors (Lipinski definition) is 2. The van der Waals surface area contributed by atoms with E-state index in [-0.39, 0.29) is 5.91 Å². The normalized spacial score (nSPS) is 10.4. The predicted octanol–water partition coefficient (Wildman–Crippen LogP) is 3.24. The zero-order chi connectivity index (χ0) is 14.1. The second-order valence-corrected chi connectivity index (χ2v) is 5.01. The Hall–Kier alpha value is -1.51. The molecule has 0 bridgehead atoms. The van der Waals surface area contributed by atoms with Gasteiger partial charge in [0.25, 0.3) is 0 Å². The van der Waals surface area contributed by atoms with E-state index in [9.17, 15) is 4.79 Å². The van der Waals surface area contributed by atoms with Crippen LogP contribution < -0.4 is 5.73 Å². The Kier molecular flexibility index (Phi) is 7.01. The van der Waals surface area contributed by atoms with Crippen molar-refractivity contribution in [2.45, 2.75) is 46.0 Å². The van der Waals surface area contributed by atoms with E-state index >= 15 is 0 Å². The van der Waals surface area contributed by atoms with Crippen molar-refractivity contribution in [1.29, 1.82) is 0 Å². The van der Waals surface area contributed by atoms with Crippen LogP contribution in [0.25, 0.3) is 0 Å². The van der Waals surface area contributed by atoms with Gasteiger partial charge in [0.1, 0.15) is 0 Å². The van der Waals surface area contributed by atoms with Crippen LogP contribution in [-0.2, 0) is 11.2 Å². The van der Waals surface area contributed by atoms with Crippen molar-refractivity contribution in [2.24, 2.45) is 0 Å². The lowest BCUT2D eigenvalue weighted by Crippen LogP contribution is -2.34. The molecule has 1 amide bonds. The standard InChI is InChI=1S/C16H26N2O/c1-3-5-10-18(11-6-4-2)16(19)13-14-8-7-9-15(17)12-14/h7-9,12H,3-6,10-11,13,17H2,1-2H3. The van der Waals surface area contributed by atoms with Gasteiger partial charge in [0.15, 0.2) is 0 Å². The summed E-state index contributed by atoms with van der Waals surface area (Å²) in [7, 11) is 0. The zero-order valence-electron chi connectivity index (χ0n) is 12.2. The number of hydrogen-bond donors (Lipinski definition) is 1. The van der Waals surface area contributed by atoms with Crippen LogP contribution >= 0.6 is 0 Å². The summed E-state index contributed by atoms with van der Waals surface area (Å²) in [6, 6.07) is 7.60. The third-order valence-corrected chi connectivity index (χ3v) is 3.22. The van der Waals surface area contributed by atoms with Crippen LogP contribution in [-0.4, -0.2) is 23.9 Å². The number of nitrogens with zero attached hydrogens (tertiary/aromatic N) is 1. The summed E-state index contributed by atoms with van der Waals surface area (Å²) in [4.78, 5) is 14.3. The molecule has 0 heterocycles. The van der Waals surface area contributed by atoms with Gasteiger partial charge in [-0.15, -0.1) is 0 Å². The van der Waals surface area contributed by atoms with Crippen molar-refractivity contribution in [3.63, 3.8) is 0 Å². The fourth-order valence-corrected chi connectivity index (χ4v) is 2.05. The number of carbonyl (C=O) groups is 1. The number of unbranched alkanes of at least 4 members (excludes halogenated alkanes) is 2. The van der Waals surface area contributed by atoms with Gasteiger partial charge in [0.05, 0.1) is 6.42 Å². The summed E-state index contributed by atoms with van der Waals surface area (Å²) in [5.74, 6) is 0.215. The quantitative estimate of drug-likeness (QED) is 0.731. The molecule has 1 rings (SSSR count). The van der Waals surface area contributed by atoms with E-state index in [1.165, 1.54) is 0 Å². The number of anilines is 1. The molecule has 1 aromatic carbocycles. The molecular weight excluding hydrogens is 236 g/mol. The first-order chi connectivity index (χ1) is 9.17. The maximum Gasteiger partial charge on any atom is 0.226 e. The van der Waals surface area contributed by atoms with Crippen molar-refractivity contribution in [1.82, 2.24) is 4.90 Å². The maximum atomic E-state index is 12.3. The van der Waals surface area contributed by atoms with Crippen molar-refractivity contribution in [2.75, 3.05) is 18.8 Å². The van der Waals surface area contributed by atoms with E-state index in [0.29, 0.717) is 6.42 Å². The molecule has 3 heteroatoms. The average Bonchev–Trinajstić information content (AvgIpc) is 2.38. The molecule has 0 unspecified atom stereocenters. The van der Waals surface area contributed by atoms with E-state index in [0.717, 1.165) is 50.0 Å². The fraction of sp³-hybridized carbons (Fsp3) is 0.562. The van der Waals surface area contributed by atoms with Gasteiger partial charge in [-0.05, 0) is 30.5 Å². The molecule has 0 atom stereocenters. The smallest absolute Gasteiger partial charge is 0.226 e. The highest BCUT2D eigenvalue weighted by Crippen LogP contribution is 2.10. The summed E-state index contributed by atoms with van der Waals surface area (Å²) in [6.45, 7) is 6.05. The summed E-state index contributed by atoms with van der Waals surface area (Å²) in [6.07, 6.45) is 4.85. The monoisotopic (exact) mass is 262 g/mol. The van der Waals surface area contributed by atoms with Crippen molar-refractivity contribution < 1.29 is 4.79 Å². The van der Waals surface area contributed by atoms with Crippen LogP contribution in [0, 0.1) is 0 Å². The molecule has 0 aromatic heterocycles. The third kappa shape index (κ3) is 5.77. The number of amides is 1. The molecule has 3 nitrogen and oxygen atoms in total. The molecule has 0 saturated carbocycles. The first-order valence-electron chi connectivity index (χ1n) is 7.29. The van der Waals surface area contributed by atoms with Crippen molar-refractivity contribution in [3.05, 3.63) is 29.8 Å². The van der Waals surface area contributed by atoms with Crippen LogP contribution in [0.5, 0.6) is 0 Å². The van der Waals surface area contributed by atoms with E-state index in [1.807, 2.05) is 29.2 Å². The Balaban J connectivity index is 2.59. The van der Waals surface area contributed by atoms with Crippen LogP contribution in [0.3, 0.4) is 0 Å². The first-order valence-corrected chi connectivity index (χ1v) is 7.29. The molecule has 19 heavy (non-hydrogen) atoms. The fourth-order valence-electron chi connectivity index (χ4n) is 2.05. The first kappa shape index (κ1) is 15.5. The number of rotatable bonds is 8. The molecule has 0 fully saturated rings. The molecular formula is C16H26N2O. The molecule has 106 valence electrons. The molecule has 0 saturated heterocycles. The van der Waals surface area contributed by atoms with Crippen LogP contribution in [0.2, 0.25) is 0 Å². The van der Waals surface area contributed by atoms with Gasteiger partial charge in [0.2, 0.25) is 5.91 Å². The molecule has 2 N–H and O–H groups in total. The Morgan fingerprint density at radius 2 is 1.79 bits per heavy atom. The Morgan fingerprint density at radius 3 is 2.32 bits per heavy atom. The maximum absolute atomic E-state index is 12.3. The van der Waals surface area contributed by atoms with Crippen LogP contribution in [0.15, 0.2) is 24.3 Å². The number of nitrogen functional groups attached to an aromatic ring is 1. The number of nitrogens with two attached hydrogens (primary N) is 1.